The van der Waals surface area contributed by atoms with Gasteiger partial charge in [-0.2, -0.15) is 13.2 Å². The lowest BCUT2D eigenvalue weighted by atomic mass is 10.2. The van der Waals surface area contributed by atoms with E-state index in [-0.39, 0.29) is 0 Å². The number of ether oxygens (including phenoxy) is 2. The lowest BCUT2D eigenvalue weighted by Crippen LogP contribution is -2.50. The molecule has 8 heteroatoms. The Morgan fingerprint density at radius 1 is 1.44 bits per heavy atom. The van der Waals surface area contributed by atoms with Gasteiger partial charge in [0.2, 0.25) is 12.1 Å². The van der Waals surface area contributed by atoms with Crippen LogP contribution in [0.15, 0.2) is 0 Å². The summed E-state index contributed by atoms with van der Waals surface area (Å²) in [4.78, 5) is 22.5. The molecular weight excluding hydrogens is 231 g/mol. The van der Waals surface area contributed by atoms with Crippen LogP contribution in [0.3, 0.4) is 0 Å². The van der Waals surface area contributed by atoms with E-state index < -0.39 is 36.9 Å². The topological polar surface area (TPSA) is 55.8 Å². The van der Waals surface area contributed by atoms with Crippen molar-refractivity contribution in [2.24, 2.45) is 0 Å². The fourth-order valence-electron chi connectivity index (χ4n) is 1.46. The summed E-state index contributed by atoms with van der Waals surface area (Å²) in [5.41, 5.74) is 0. The highest BCUT2D eigenvalue weighted by Crippen LogP contribution is 2.32. The Morgan fingerprint density at radius 3 is 2.38 bits per heavy atom. The van der Waals surface area contributed by atoms with E-state index in [1.54, 1.807) is 0 Å². The van der Waals surface area contributed by atoms with E-state index in [0.717, 1.165) is 14.0 Å². The van der Waals surface area contributed by atoms with Crippen molar-refractivity contribution in [3.63, 3.8) is 0 Å². The molecule has 0 radical (unpaired) electrons. The average molecular weight is 241 g/mol. The third-order valence-electron chi connectivity index (χ3n) is 2.12. The van der Waals surface area contributed by atoms with Crippen LogP contribution in [0.25, 0.3) is 0 Å². The van der Waals surface area contributed by atoms with Gasteiger partial charge in [-0.1, -0.05) is 0 Å². The molecule has 0 aliphatic carbocycles. The molecule has 1 amide bonds. The van der Waals surface area contributed by atoms with Crippen LogP contribution < -0.4 is 0 Å². The standard InChI is InChI=1S/C8H10F3NO4/c1-4(13)12-5(6(14)15-2)3-16-7(12)8(9,10)11/h5,7H,3H2,1-2H3/t5-,7+/m0/s1. The first-order valence-corrected chi connectivity index (χ1v) is 4.34. The van der Waals surface area contributed by atoms with Crippen molar-refractivity contribution in [1.29, 1.82) is 0 Å². The third-order valence-corrected chi connectivity index (χ3v) is 2.12. The predicted octanol–water partition coefficient (Wildman–Crippen LogP) is 0.295. The van der Waals surface area contributed by atoms with E-state index in [9.17, 15) is 22.8 Å². The third kappa shape index (κ3) is 2.26. The molecule has 1 aliphatic heterocycles. The lowest BCUT2D eigenvalue weighted by Gasteiger charge is -2.26. The maximum Gasteiger partial charge on any atom is 0.433 e. The van der Waals surface area contributed by atoms with Crippen LogP contribution in [0.5, 0.6) is 0 Å². The van der Waals surface area contributed by atoms with Gasteiger partial charge in [-0.25, -0.2) is 4.79 Å². The first-order chi connectivity index (χ1) is 7.29. The second-order valence-corrected chi connectivity index (χ2v) is 3.19. The second kappa shape index (κ2) is 4.28. The molecule has 1 rings (SSSR count). The lowest BCUT2D eigenvalue weighted by molar-refractivity contribution is -0.239. The van der Waals surface area contributed by atoms with Crippen LogP contribution in [0, 0.1) is 0 Å². The van der Waals surface area contributed by atoms with Gasteiger partial charge in [0, 0.05) is 6.92 Å². The number of rotatable bonds is 1. The Kier molecular flexibility index (Phi) is 3.41. The van der Waals surface area contributed by atoms with Crippen LogP contribution in [-0.4, -0.2) is 48.9 Å². The molecule has 0 saturated carbocycles. The monoisotopic (exact) mass is 241 g/mol. The largest absolute Gasteiger partial charge is 0.467 e. The van der Waals surface area contributed by atoms with Crippen LogP contribution in [0.4, 0.5) is 13.2 Å². The summed E-state index contributed by atoms with van der Waals surface area (Å²) in [7, 11) is 1.03. The van der Waals surface area contributed by atoms with Crippen molar-refractivity contribution >= 4 is 11.9 Å². The van der Waals surface area contributed by atoms with Gasteiger partial charge in [0.1, 0.15) is 0 Å². The first-order valence-electron chi connectivity index (χ1n) is 4.34. The predicted molar refractivity (Wildman–Crippen MR) is 44.1 cm³/mol. The molecule has 0 aromatic carbocycles. The molecule has 92 valence electrons. The molecule has 0 spiro atoms. The molecule has 1 heterocycles. The van der Waals surface area contributed by atoms with Gasteiger partial charge < -0.3 is 9.47 Å². The zero-order valence-electron chi connectivity index (χ0n) is 8.58. The zero-order chi connectivity index (χ0) is 12.5. The van der Waals surface area contributed by atoms with Crippen LogP contribution >= 0.6 is 0 Å². The molecule has 1 aliphatic rings. The highest BCUT2D eigenvalue weighted by atomic mass is 19.4. The van der Waals surface area contributed by atoms with Crippen molar-refractivity contribution < 1.29 is 32.2 Å². The molecule has 1 saturated heterocycles. The van der Waals surface area contributed by atoms with E-state index in [1.165, 1.54) is 0 Å². The van der Waals surface area contributed by atoms with Gasteiger partial charge in [-0.05, 0) is 0 Å². The van der Waals surface area contributed by atoms with E-state index >= 15 is 0 Å². The molecule has 0 unspecified atom stereocenters. The molecular formula is C8H10F3NO4. The summed E-state index contributed by atoms with van der Waals surface area (Å²) in [6.45, 7) is 0.416. The number of amides is 1. The van der Waals surface area contributed by atoms with E-state index in [4.69, 9.17) is 0 Å². The van der Waals surface area contributed by atoms with Gasteiger partial charge in [0.05, 0.1) is 13.7 Å². The van der Waals surface area contributed by atoms with Gasteiger partial charge in [0.25, 0.3) is 0 Å². The van der Waals surface area contributed by atoms with E-state index in [2.05, 4.69) is 9.47 Å². The van der Waals surface area contributed by atoms with E-state index in [1.807, 2.05) is 0 Å². The summed E-state index contributed by atoms with van der Waals surface area (Å²) in [6, 6.07) is -1.34. The Morgan fingerprint density at radius 2 is 2.00 bits per heavy atom. The van der Waals surface area contributed by atoms with Gasteiger partial charge in [0.15, 0.2) is 6.04 Å². The van der Waals surface area contributed by atoms with Crippen molar-refractivity contribution in [3.05, 3.63) is 0 Å². The SMILES string of the molecule is COC(=O)[C@@H]1CO[C@H](C(F)(F)F)N1C(C)=O. The maximum atomic E-state index is 12.4. The minimum absolute atomic E-state index is 0.339. The number of carbonyl (C=O) groups excluding carboxylic acids is 2. The van der Waals surface area contributed by atoms with Gasteiger partial charge >= 0.3 is 12.1 Å². The van der Waals surface area contributed by atoms with Crippen LogP contribution in [0.2, 0.25) is 0 Å². The smallest absolute Gasteiger partial charge is 0.433 e. The summed E-state index contributed by atoms with van der Waals surface area (Å²) in [5, 5.41) is 0. The summed E-state index contributed by atoms with van der Waals surface area (Å²) >= 11 is 0. The van der Waals surface area contributed by atoms with Gasteiger partial charge in [-0.3, -0.25) is 9.69 Å². The van der Waals surface area contributed by atoms with E-state index in [0.29, 0.717) is 4.90 Å². The summed E-state index contributed by atoms with van der Waals surface area (Å²) in [6.07, 6.45) is -7.11. The normalized spacial score (nSPS) is 25.7. The minimum Gasteiger partial charge on any atom is -0.467 e. The fourth-order valence-corrected chi connectivity index (χ4v) is 1.46. The highest BCUT2D eigenvalue weighted by molar-refractivity contribution is 5.84. The number of esters is 1. The Hall–Kier alpha value is -1.31. The Balaban J connectivity index is 2.94. The highest BCUT2D eigenvalue weighted by Gasteiger charge is 2.54. The molecule has 5 nitrogen and oxygen atoms in total. The van der Waals surface area contributed by atoms with Crippen LogP contribution in [-0.2, 0) is 19.1 Å². The molecule has 0 aromatic rings. The van der Waals surface area contributed by atoms with Crippen LogP contribution in [0.1, 0.15) is 6.92 Å². The molecule has 0 N–H and O–H groups in total. The van der Waals surface area contributed by atoms with Crippen molar-refractivity contribution in [3.8, 4) is 0 Å². The quantitative estimate of drug-likeness (QED) is 0.619. The number of halogens is 3. The maximum absolute atomic E-state index is 12.4. The number of hydrogen-bond donors (Lipinski definition) is 0. The minimum atomic E-state index is -4.73. The first kappa shape index (κ1) is 12.8. The number of nitrogens with zero attached hydrogens (tertiary/aromatic N) is 1. The fraction of sp³-hybridized carbons (Fsp3) is 0.750. The zero-order valence-corrected chi connectivity index (χ0v) is 8.58. The Bertz CT molecular complexity index is 304. The van der Waals surface area contributed by atoms with Gasteiger partial charge in [-0.15, -0.1) is 0 Å². The summed E-state index contributed by atoms with van der Waals surface area (Å²) < 4.78 is 46.0. The average Bonchev–Trinajstić information content (AvgIpc) is 2.59. The molecule has 0 bridgehead atoms. The number of hydrogen-bond acceptors (Lipinski definition) is 4. The number of methoxy groups -OCH3 is 1. The molecule has 2 atom stereocenters. The van der Waals surface area contributed by atoms with Crippen molar-refractivity contribution in [1.82, 2.24) is 4.90 Å². The number of carbonyl (C=O) groups is 2. The van der Waals surface area contributed by atoms with Crippen molar-refractivity contribution in [2.45, 2.75) is 25.4 Å². The molecule has 1 fully saturated rings. The Labute approximate surface area is 89.1 Å². The molecule has 16 heavy (non-hydrogen) atoms. The number of alkyl halides is 3. The summed E-state index contributed by atoms with van der Waals surface area (Å²) in [5.74, 6) is -1.82. The second-order valence-electron chi connectivity index (χ2n) is 3.19. The van der Waals surface area contributed by atoms with Crippen molar-refractivity contribution in [2.75, 3.05) is 13.7 Å². The molecule has 0 aromatic heterocycles.